The summed E-state index contributed by atoms with van der Waals surface area (Å²) in [6.45, 7) is 20.7. The first-order valence-electron chi connectivity index (χ1n) is 9.81. The molecule has 1 unspecified atom stereocenters. The van der Waals surface area contributed by atoms with Crippen molar-refractivity contribution in [2.45, 2.75) is 112 Å². The Morgan fingerprint density at radius 3 is 1.59 bits per heavy atom. The second-order valence-electron chi connectivity index (χ2n) is 6.56. The second-order valence-corrected chi connectivity index (χ2v) is 6.56. The number of rotatable bonds is 12. The maximum atomic E-state index is 3.38. The molecule has 136 valence electrons. The zero-order valence-electron chi connectivity index (χ0n) is 16.8. The van der Waals surface area contributed by atoms with Crippen LogP contribution in [0.4, 0.5) is 0 Å². The molecule has 0 rings (SSSR count). The standard InChI is InChI=1S/C11H24.C8H19N.C2H4/c1-4-6-8-10-11(3)9-7-5-2;1-4-5-6-7-9-8(2)3;1-2/h11H,4-10H2,1-3H3;8-9H,4-7H2,1-3H3;1-2H2. The van der Waals surface area contributed by atoms with Crippen LogP contribution in [0.5, 0.6) is 0 Å². The molecule has 0 aromatic rings. The first kappa shape index (κ1) is 26.6. The number of nitrogens with one attached hydrogen (secondary N) is 1. The van der Waals surface area contributed by atoms with E-state index < -0.39 is 0 Å². The van der Waals surface area contributed by atoms with Crippen LogP contribution in [-0.2, 0) is 0 Å². The smallest absolute Gasteiger partial charge is 0.00103 e. The third-order valence-electron chi connectivity index (χ3n) is 3.68. The van der Waals surface area contributed by atoms with Crippen LogP contribution in [0.2, 0.25) is 0 Å². The fourth-order valence-corrected chi connectivity index (χ4v) is 2.21. The first-order chi connectivity index (χ1) is 10.6. The molecular weight excluding hydrogens is 266 g/mol. The van der Waals surface area contributed by atoms with Crippen molar-refractivity contribution in [1.82, 2.24) is 5.32 Å². The van der Waals surface area contributed by atoms with Crippen LogP contribution >= 0.6 is 0 Å². The molecule has 0 heterocycles. The zero-order chi connectivity index (χ0) is 17.6. The van der Waals surface area contributed by atoms with E-state index in [0.29, 0.717) is 6.04 Å². The maximum absolute atomic E-state index is 3.38. The van der Waals surface area contributed by atoms with Gasteiger partial charge in [0.25, 0.3) is 0 Å². The molecule has 1 nitrogen and oxygen atoms in total. The van der Waals surface area contributed by atoms with Gasteiger partial charge >= 0.3 is 0 Å². The predicted octanol–water partition coefficient (Wildman–Crippen LogP) is 7.37. The van der Waals surface area contributed by atoms with E-state index in [1.807, 2.05) is 0 Å². The van der Waals surface area contributed by atoms with Gasteiger partial charge in [-0.15, -0.1) is 13.2 Å². The molecule has 0 aliphatic rings. The molecule has 0 amide bonds. The Morgan fingerprint density at radius 1 is 0.682 bits per heavy atom. The number of hydrogen-bond donors (Lipinski definition) is 1. The van der Waals surface area contributed by atoms with Crippen molar-refractivity contribution in [2.75, 3.05) is 6.54 Å². The normalized spacial score (nSPS) is 11.2. The van der Waals surface area contributed by atoms with E-state index in [1.54, 1.807) is 0 Å². The number of unbranched alkanes of at least 4 members (excludes halogenated alkanes) is 5. The molecule has 1 heteroatoms. The quantitative estimate of drug-likeness (QED) is 0.293. The van der Waals surface area contributed by atoms with Crippen molar-refractivity contribution in [3.05, 3.63) is 13.2 Å². The van der Waals surface area contributed by atoms with Crippen molar-refractivity contribution in [3.63, 3.8) is 0 Å². The minimum absolute atomic E-state index is 0.654. The van der Waals surface area contributed by atoms with Crippen molar-refractivity contribution in [2.24, 2.45) is 5.92 Å². The Labute approximate surface area is 143 Å². The topological polar surface area (TPSA) is 12.0 Å². The molecule has 0 aromatic carbocycles. The van der Waals surface area contributed by atoms with Crippen LogP contribution in [0.15, 0.2) is 13.2 Å². The molecular formula is C21H47N. The van der Waals surface area contributed by atoms with Crippen molar-refractivity contribution in [1.29, 1.82) is 0 Å². The van der Waals surface area contributed by atoms with Crippen molar-refractivity contribution >= 4 is 0 Å². The summed E-state index contributed by atoms with van der Waals surface area (Å²) in [5.74, 6) is 0.974. The van der Waals surface area contributed by atoms with Gasteiger partial charge in [0.05, 0.1) is 0 Å². The summed E-state index contributed by atoms with van der Waals surface area (Å²) in [4.78, 5) is 0. The molecule has 1 N–H and O–H groups in total. The lowest BCUT2D eigenvalue weighted by Gasteiger charge is -2.09. The Balaban J connectivity index is -0.000000299. The van der Waals surface area contributed by atoms with E-state index in [-0.39, 0.29) is 0 Å². The molecule has 0 fully saturated rings. The molecule has 0 saturated carbocycles. The summed E-state index contributed by atoms with van der Waals surface area (Å²) >= 11 is 0. The lowest BCUT2D eigenvalue weighted by molar-refractivity contribution is 0.448. The molecule has 0 aliphatic heterocycles. The third kappa shape index (κ3) is 31.9. The summed E-state index contributed by atoms with van der Waals surface area (Å²) in [5, 5.41) is 3.38. The van der Waals surface area contributed by atoms with E-state index in [9.17, 15) is 0 Å². The van der Waals surface area contributed by atoms with Crippen LogP contribution in [0.25, 0.3) is 0 Å². The highest BCUT2D eigenvalue weighted by Gasteiger charge is 1.99. The predicted molar refractivity (Wildman–Crippen MR) is 107 cm³/mol. The Bertz CT molecular complexity index is 165. The van der Waals surface area contributed by atoms with Gasteiger partial charge in [-0.25, -0.2) is 0 Å². The van der Waals surface area contributed by atoms with Crippen LogP contribution in [-0.4, -0.2) is 12.6 Å². The van der Waals surface area contributed by atoms with Gasteiger partial charge in [0.2, 0.25) is 0 Å². The van der Waals surface area contributed by atoms with Gasteiger partial charge in [-0.2, -0.15) is 0 Å². The maximum Gasteiger partial charge on any atom is 0.00103 e. The molecule has 0 radical (unpaired) electrons. The molecule has 0 aliphatic carbocycles. The second kappa shape index (κ2) is 25.6. The molecule has 0 bridgehead atoms. The minimum atomic E-state index is 0.654. The highest BCUT2D eigenvalue weighted by Crippen LogP contribution is 2.15. The molecule has 1 atom stereocenters. The molecule has 22 heavy (non-hydrogen) atoms. The average Bonchev–Trinajstić information content (AvgIpc) is 2.52. The van der Waals surface area contributed by atoms with Crippen molar-refractivity contribution in [3.8, 4) is 0 Å². The van der Waals surface area contributed by atoms with Gasteiger partial charge in [-0.05, 0) is 18.9 Å². The Hall–Kier alpha value is -0.300. The highest BCUT2D eigenvalue weighted by molar-refractivity contribution is 4.53. The lowest BCUT2D eigenvalue weighted by atomic mass is 9.98. The third-order valence-corrected chi connectivity index (χ3v) is 3.68. The molecule has 0 saturated heterocycles. The zero-order valence-corrected chi connectivity index (χ0v) is 16.8. The Morgan fingerprint density at radius 2 is 1.14 bits per heavy atom. The van der Waals surface area contributed by atoms with E-state index >= 15 is 0 Å². The van der Waals surface area contributed by atoms with Gasteiger partial charge in [0.1, 0.15) is 0 Å². The van der Waals surface area contributed by atoms with Crippen LogP contribution in [0, 0.1) is 5.92 Å². The van der Waals surface area contributed by atoms with Gasteiger partial charge in [-0.1, -0.05) is 99.3 Å². The van der Waals surface area contributed by atoms with Gasteiger partial charge < -0.3 is 5.32 Å². The summed E-state index contributed by atoms with van der Waals surface area (Å²) in [6.07, 6.45) is 13.9. The van der Waals surface area contributed by atoms with Crippen molar-refractivity contribution < 1.29 is 0 Å². The monoisotopic (exact) mass is 313 g/mol. The SMILES string of the molecule is C=C.CCCCCC(C)CCCC.CCCCCNC(C)C. The molecule has 0 spiro atoms. The summed E-state index contributed by atoms with van der Waals surface area (Å²) < 4.78 is 0. The average molecular weight is 314 g/mol. The van der Waals surface area contributed by atoms with Crippen LogP contribution in [0.3, 0.4) is 0 Å². The van der Waals surface area contributed by atoms with Crippen LogP contribution in [0.1, 0.15) is 106 Å². The van der Waals surface area contributed by atoms with Gasteiger partial charge in [-0.3, -0.25) is 0 Å². The Kier molecular flexibility index (Phi) is 31.0. The summed E-state index contributed by atoms with van der Waals surface area (Å²) in [6, 6.07) is 0.654. The van der Waals surface area contributed by atoms with E-state index in [1.165, 1.54) is 70.8 Å². The fraction of sp³-hybridized carbons (Fsp3) is 0.905. The lowest BCUT2D eigenvalue weighted by Crippen LogP contribution is -2.23. The highest BCUT2D eigenvalue weighted by atomic mass is 14.9. The largest absolute Gasteiger partial charge is 0.315 e. The minimum Gasteiger partial charge on any atom is -0.315 e. The fourth-order valence-electron chi connectivity index (χ4n) is 2.21. The molecule has 0 aromatic heterocycles. The van der Waals surface area contributed by atoms with E-state index in [0.717, 1.165) is 5.92 Å². The van der Waals surface area contributed by atoms with E-state index in [2.05, 4.69) is 60.0 Å². The van der Waals surface area contributed by atoms with Crippen LogP contribution < -0.4 is 5.32 Å². The van der Waals surface area contributed by atoms with Gasteiger partial charge in [0.15, 0.2) is 0 Å². The van der Waals surface area contributed by atoms with Gasteiger partial charge in [0, 0.05) is 6.04 Å². The number of hydrogen-bond acceptors (Lipinski definition) is 1. The summed E-state index contributed by atoms with van der Waals surface area (Å²) in [5.41, 5.74) is 0. The summed E-state index contributed by atoms with van der Waals surface area (Å²) in [7, 11) is 0. The first-order valence-corrected chi connectivity index (χ1v) is 9.81. The van der Waals surface area contributed by atoms with E-state index in [4.69, 9.17) is 0 Å².